The summed E-state index contributed by atoms with van der Waals surface area (Å²) in [7, 11) is -4.34. The van der Waals surface area contributed by atoms with Crippen molar-refractivity contribution in [3.05, 3.63) is 125 Å². The molecule has 0 spiro atoms. The van der Waals surface area contributed by atoms with Crippen LogP contribution in [0.3, 0.4) is 0 Å². The first-order valence-corrected chi connectivity index (χ1v) is 16.8. The van der Waals surface area contributed by atoms with Crippen molar-refractivity contribution < 1.29 is 27.1 Å². The Morgan fingerprint density at radius 1 is 0.891 bits per heavy atom. The molecule has 8 nitrogen and oxygen atoms in total. The lowest BCUT2D eigenvalue weighted by Crippen LogP contribution is -2.53. The van der Waals surface area contributed by atoms with Gasteiger partial charge in [0.2, 0.25) is 11.8 Å². The summed E-state index contributed by atoms with van der Waals surface area (Å²) < 4.78 is 48.5. The zero-order valence-electron chi connectivity index (χ0n) is 25.7. The first kappa shape index (κ1) is 34.5. The number of rotatable bonds is 15. The molecule has 4 aromatic carbocycles. The van der Waals surface area contributed by atoms with E-state index in [4.69, 9.17) is 16.3 Å². The molecule has 0 aliphatic rings. The molecule has 4 rings (SSSR count). The van der Waals surface area contributed by atoms with Gasteiger partial charge in [0.1, 0.15) is 24.2 Å². The van der Waals surface area contributed by atoms with Gasteiger partial charge >= 0.3 is 0 Å². The second kappa shape index (κ2) is 16.2. The summed E-state index contributed by atoms with van der Waals surface area (Å²) in [4.78, 5) is 29.4. The Bertz CT molecular complexity index is 1700. The van der Waals surface area contributed by atoms with E-state index in [0.29, 0.717) is 35.9 Å². The number of carbonyl (C=O) groups excluding carboxylic acids is 2. The fraction of sp³-hybridized carbons (Fsp3) is 0.257. The van der Waals surface area contributed by atoms with Gasteiger partial charge in [-0.15, -0.1) is 0 Å². The van der Waals surface area contributed by atoms with E-state index in [1.165, 1.54) is 41.3 Å². The highest BCUT2D eigenvalue weighted by molar-refractivity contribution is 7.92. The Labute approximate surface area is 274 Å². The van der Waals surface area contributed by atoms with E-state index in [-0.39, 0.29) is 29.5 Å². The van der Waals surface area contributed by atoms with Crippen LogP contribution >= 0.6 is 11.6 Å². The van der Waals surface area contributed by atoms with E-state index in [9.17, 15) is 22.4 Å². The Morgan fingerprint density at radius 3 is 2.20 bits per heavy atom. The number of amides is 2. The summed E-state index contributed by atoms with van der Waals surface area (Å²) in [6.45, 7) is 3.87. The van der Waals surface area contributed by atoms with Gasteiger partial charge in [-0.25, -0.2) is 12.8 Å². The van der Waals surface area contributed by atoms with Crippen LogP contribution in [0.5, 0.6) is 5.75 Å². The molecule has 0 unspecified atom stereocenters. The van der Waals surface area contributed by atoms with Gasteiger partial charge < -0.3 is 15.0 Å². The van der Waals surface area contributed by atoms with Crippen molar-refractivity contribution in [2.75, 3.05) is 24.0 Å². The van der Waals surface area contributed by atoms with Gasteiger partial charge in [0.15, 0.2) is 0 Å². The number of sulfonamides is 1. The molecule has 0 saturated carbocycles. The first-order chi connectivity index (χ1) is 22.1. The van der Waals surface area contributed by atoms with Crippen LogP contribution in [0.2, 0.25) is 5.02 Å². The minimum absolute atomic E-state index is 0.0171. The monoisotopic (exact) mass is 665 g/mol. The van der Waals surface area contributed by atoms with Crippen LogP contribution in [-0.2, 0) is 32.6 Å². The fourth-order valence-electron chi connectivity index (χ4n) is 4.89. The van der Waals surface area contributed by atoms with Gasteiger partial charge in [0.25, 0.3) is 10.0 Å². The van der Waals surface area contributed by atoms with Crippen LogP contribution in [-0.4, -0.2) is 50.9 Å². The predicted octanol–water partition coefficient (Wildman–Crippen LogP) is 6.24. The lowest BCUT2D eigenvalue weighted by Gasteiger charge is -2.34. The minimum atomic E-state index is -4.34. The summed E-state index contributed by atoms with van der Waals surface area (Å²) in [5, 5.41) is 3.35. The summed E-state index contributed by atoms with van der Waals surface area (Å²) in [6.07, 6.45) is 0.871. The SMILES string of the molecule is CCCNC(=O)[C@H](Cc1ccccc1)N(Cc1cccc(Cl)c1)C(=O)CN(c1ccc(F)cc1)S(=O)(=O)c1ccc(OCC)cc1. The molecule has 242 valence electrons. The van der Waals surface area contributed by atoms with Gasteiger partial charge in [-0.05, 0) is 85.1 Å². The first-order valence-electron chi connectivity index (χ1n) is 15.0. The average molecular weight is 666 g/mol. The number of benzene rings is 4. The van der Waals surface area contributed by atoms with E-state index >= 15 is 0 Å². The zero-order valence-corrected chi connectivity index (χ0v) is 27.3. The van der Waals surface area contributed by atoms with Crippen LogP contribution in [0.15, 0.2) is 108 Å². The molecule has 0 heterocycles. The minimum Gasteiger partial charge on any atom is -0.494 e. The lowest BCUT2D eigenvalue weighted by atomic mass is 10.0. The van der Waals surface area contributed by atoms with Crippen molar-refractivity contribution in [3.63, 3.8) is 0 Å². The van der Waals surface area contributed by atoms with Crippen molar-refractivity contribution in [1.29, 1.82) is 0 Å². The van der Waals surface area contributed by atoms with Crippen molar-refractivity contribution in [2.24, 2.45) is 0 Å². The van der Waals surface area contributed by atoms with Gasteiger partial charge in [0, 0.05) is 24.5 Å². The molecule has 0 radical (unpaired) electrons. The maximum Gasteiger partial charge on any atom is 0.264 e. The molecule has 0 aliphatic heterocycles. The highest BCUT2D eigenvalue weighted by Gasteiger charge is 2.34. The number of halogens is 2. The Balaban J connectivity index is 1.78. The summed E-state index contributed by atoms with van der Waals surface area (Å²) >= 11 is 6.27. The number of nitrogens with zero attached hydrogens (tertiary/aromatic N) is 2. The van der Waals surface area contributed by atoms with Gasteiger partial charge in [-0.1, -0.05) is 61.0 Å². The largest absolute Gasteiger partial charge is 0.494 e. The number of carbonyl (C=O) groups is 2. The van der Waals surface area contributed by atoms with E-state index in [1.807, 2.05) is 44.2 Å². The number of hydrogen-bond acceptors (Lipinski definition) is 5. The van der Waals surface area contributed by atoms with Gasteiger partial charge in [-0.2, -0.15) is 0 Å². The molecule has 0 bridgehead atoms. The second-order valence-corrected chi connectivity index (χ2v) is 12.8. The molecule has 0 aliphatic carbocycles. The molecule has 0 saturated heterocycles. The summed E-state index contributed by atoms with van der Waals surface area (Å²) in [6, 6.07) is 25.9. The van der Waals surface area contributed by atoms with Gasteiger partial charge in [-0.3, -0.25) is 13.9 Å². The smallest absolute Gasteiger partial charge is 0.264 e. The molecule has 11 heteroatoms. The topological polar surface area (TPSA) is 96.0 Å². The van der Waals surface area contributed by atoms with E-state index in [0.717, 1.165) is 22.0 Å². The van der Waals surface area contributed by atoms with Crippen molar-refractivity contribution in [1.82, 2.24) is 10.2 Å². The highest BCUT2D eigenvalue weighted by Crippen LogP contribution is 2.27. The maximum absolute atomic E-state index is 14.4. The molecule has 0 aromatic heterocycles. The Hall–Kier alpha value is -4.41. The summed E-state index contributed by atoms with van der Waals surface area (Å²) in [5.41, 5.74) is 1.56. The van der Waals surface area contributed by atoms with E-state index in [2.05, 4.69) is 5.32 Å². The molecule has 1 N–H and O–H groups in total. The van der Waals surface area contributed by atoms with Crippen molar-refractivity contribution in [2.45, 2.75) is 44.2 Å². The number of ether oxygens (including phenoxy) is 1. The second-order valence-electron chi connectivity index (χ2n) is 10.5. The standard InChI is InChI=1S/C35H37ClFN3O5S/c1-3-21-38-35(42)33(23-26-9-6-5-7-10-26)39(24-27-11-8-12-28(36)22-27)34(41)25-40(30-15-13-29(37)14-16-30)46(43,44)32-19-17-31(18-20-32)45-4-2/h5-20,22,33H,3-4,21,23-25H2,1-2H3,(H,38,42)/t33-/m0/s1. The zero-order chi connectivity index (χ0) is 33.1. The van der Waals surface area contributed by atoms with Crippen LogP contribution in [0.1, 0.15) is 31.4 Å². The van der Waals surface area contributed by atoms with Gasteiger partial charge in [0.05, 0.1) is 17.2 Å². The molecule has 0 fully saturated rings. The number of hydrogen-bond donors (Lipinski definition) is 1. The van der Waals surface area contributed by atoms with Crippen molar-refractivity contribution >= 4 is 39.1 Å². The predicted molar refractivity (Wildman–Crippen MR) is 178 cm³/mol. The van der Waals surface area contributed by atoms with Crippen LogP contribution in [0.4, 0.5) is 10.1 Å². The number of anilines is 1. The van der Waals surface area contributed by atoms with Crippen LogP contribution in [0.25, 0.3) is 0 Å². The van der Waals surface area contributed by atoms with Crippen molar-refractivity contribution in [3.8, 4) is 5.75 Å². The molecule has 1 atom stereocenters. The van der Waals surface area contributed by atoms with Crippen LogP contribution < -0.4 is 14.4 Å². The fourth-order valence-corrected chi connectivity index (χ4v) is 6.52. The Kier molecular flexibility index (Phi) is 12.2. The Morgan fingerprint density at radius 2 is 1.57 bits per heavy atom. The normalized spacial score (nSPS) is 11.8. The van der Waals surface area contributed by atoms with E-state index < -0.39 is 34.3 Å². The van der Waals surface area contributed by atoms with E-state index in [1.54, 1.807) is 24.3 Å². The molecule has 46 heavy (non-hydrogen) atoms. The quantitative estimate of drug-likeness (QED) is 0.162. The number of nitrogens with one attached hydrogen (secondary N) is 1. The molecule has 4 aromatic rings. The molecular weight excluding hydrogens is 629 g/mol. The molecule has 2 amide bonds. The average Bonchev–Trinajstić information content (AvgIpc) is 3.05. The molecular formula is C35H37ClFN3O5S. The third-order valence-electron chi connectivity index (χ3n) is 7.18. The van der Waals surface area contributed by atoms with Crippen LogP contribution in [0, 0.1) is 5.82 Å². The lowest BCUT2D eigenvalue weighted by molar-refractivity contribution is -0.140. The maximum atomic E-state index is 14.4. The summed E-state index contributed by atoms with van der Waals surface area (Å²) in [5.74, 6) is -1.08. The third kappa shape index (κ3) is 9.08. The third-order valence-corrected chi connectivity index (χ3v) is 9.20. The highest BCUT2D eigenvalue weighted by atomic mass is 35.5.